The molecule has 1 fully saturated rings. The first kappa shape index (κ1) is 21.3. The van der Waals surface area contributed by atoms with Crippen LogP contribution in [0.15, 0.2) is 22.8 Å². The summed E-state index contributed by atoms with van der Waals surface area (Å²) in [5, 5.41) is 10.7. The Hall–Kier alpha value is -0.890. The molecule has 0 aromatic rings. The van der Waals surface area contributed by atoms with Crippen molar-refractivity contribution in [2.75, 3.05) is 0 Å². The molecule has 0 aromatic heterocycles. The van der Waals surface area contributed by atoms with E-state index in [2.05, 4.69) is 40.7 Å². The molecule has 0 unspecified atom stereocenters. The number of hydrogen-bond acceptors (Lipinski definition) is 2. The van der Waals surface area contributed by atoms with Gasteiger partial charge in [-0.15, -0.1) is 0 Å². The van der Waals surface area contributed by atoms with Gasteiger partial charge < -0.3 is 9.90 Å². The fourth-order valence-electron chi connectivity index (χ4n) is 8.21. The van der Waals surface area contributed by atoms with Gasteiger partial charge in [-0.2, -0.15) is 0 Å². The Morgan fingerprint density at radius 3 is 2.55 bits per heavy atom. The van der Waals surface area contributed by atoms with Gasteiger partial charge in [0.05, 0.1) is 6.10 Å². The Morgan fingerprint density at radius 1 is 1.14 bits per heavy atom. The number of fused-ring (bicyclic) bond motifs is 4. The third-order valence-electron chi connectivity index (χ3n) is 10.1. The summed E-state index contributed by atoms with van der Waals surface area (Å²) in [4.78, 5) is 11.5. The molecule has 0 saturated heterocycles. The molecule has 0 bridgehead atoms. The number of hydrogen-bond donors (Lipinski definition) is 1. The van der Waals surface area contributed by atoms with Crippen molar-refractivity contribution in [2.45, 2.75) is 105 Å². The highest BCUT2D eigenvalue weighted by molar-refractivity contribution is 5.75. The van der Waals surface area contributed by atoms with E-state index in [-0.39, 0.29) is 16.9 Å². The summed E-state index contributed by atoms with van der Waals surface area (Å²) in [6.45, 7) is 13.8. The molecule has 0 radical (unpaired) electrons. The topological polar surface area (TPSA) is 37.3 Å². The zero-order valence-corrected chi connectivity index (χ0v) is 19.6. The van der Waals surface area contributed by atoms with Gasteiger partial charge in [0.1, 0.15) is 5.78 Å². The van der Waals surface area contributed by atoms with Gasteiger partial charge in [0, 0.05) is 6.42 Å². The average Bonchev–Trinajstić information content (AvgIpc) is 3.00. The Balaban J connectivity index is 1.64. The molecule has 0 amide bonds. The zero-order chi connectivity index (χ0) is 21.2. The second kappa shape index (κ2) is 7.08. The maximum atomic E-state index is 11.5. The first-order valence-electron chi connectivity index (χ1n) is 12.1. The van der Waals surface area contributed by atoms with E-state index in [1.807, 2.05) is 0 Å². The first-order valence-corrected chi connectivity index (χ1v) is 12.1. The average molecular weight is 399 g/mol. The normalized spacial score (nSPS) is 41.9. The van der Waals surface area contributed by atoms with E-state index in [0.29, 0.717) is 29.0 Å². The van der Waals surface area contributed by atoms with E-state index in [0.717, 1.165) is 25.7 Å². The Bertz CT molecular complexity index is 756. The van der Waals surface area contributed by atoms with Gasteiger partial charge in [-0.1, -0.05) is 46.3 Å². The number of aliphatic hydroxyl groups is 1. The molecular weight excluding hydrogens is 356 g/mol. The smallest absolute Gasteiger partial charge is 0.129 e. The van der Waals surface area contributed by atoms with Gasteiger partial charge in [-0.05, 0) is 103 Å². The molecule has 2 nitrogen and oxygen atoms in total. The van der Waals surface area contributed by atoms with E-state index >= 15 is 0 Å². The van der Waals surface area contributed by atoms with Crippen LogP contribution >= 0.6 is 0 Å². The largest absolute Gasteiger partial charge is 0.393 e. The van der Waals surface area contributed by atoms with Gasteiger partial charge >= 0.3 is 0 Å². The van der Waals surface area contributed by atoms with Crippen molar-refractivity contribution < 1.29 is 9.90 Å². The highest BCUT2D eigenvalue weighted by Gasteiger charge is 2.57. The molecular formula is C27H42O2. The van der Waals surface area contributed by atoms with E-state index in [1.165, 1.54) is 32.1 Å². The molecule has 4 aliphatic carbocycles. The molecule has 0 aromatic carbocycles. The number of carbonyl (C=O) groups is 1. The quantitative estimate of drug-likeness (QED) is 0.577. The lowest BCUT2D eigenvalue weighted by atomic mass is 9.46. The summed E-state index contributed by atoms with van der Waals surface area (Å²) in [5.74, 6) is 2.21. The fourth-order valence-corrected chi connectivity index (χ4v) is 8.21. The second-order valence-corrected chi connectivity index (χ2v) is 11.9. The summed E-state index contributed by atoms with van der Waals surface area (Å²) < 4.78 is 0. The molecule has 4 aliphatic rings. The molecule has 0 aliphatic heterocycles. The van der Waals surface area contributed by atoms with Gasteiger partial charge in [-0.3, -0.25) is 0 Å². The lowest BCUT2D eigenvalue weighted by molar-refractivity contribution is -0.117. The van der Waals surface area contributed by atoms with Crippen LogP contribution in [0.3, 0.4) is 0 Å². The Kier molecular flexibility index (Phi) is 5.21. The SMILES string of the molecule is CC(=O)CC[C@@H](C)[C@H]1CC=C2C3=C(CC[C@@]21C)[C@@]1(C)CC[C@H](O)C(C)(C)[C@@H]1CC3. The van der Waals surface area contributed by atoms with Crippen molar-refractivity contribution >= 4 is 5.78 Å². The van der Waals surface area contributed by atoms with Crippen LogP contribution in [-0.2, 0) is 4.79 Å². The number of Topliss-reactive ketones (excluding diaryl/α,β-unsaturated/α-hetero) is 1. The van der Waals surface area contributed by atoms with Crippen LogP contribution in [0.4, 0.5) is 0 Å². The molecule has 4 rings (SSSR count). The maximum Gasteiger partial charge on any atom is 0.129 e. The van der Waals surface area contributed by atoms with Crippen molar-refractivity contribution in [3.05, 3.63) is 22.8 Å². The molecule has 6 atom stereocenters. The summed E-state index contributed by atoms with van der Waals surface area (Å²) in [6, 6.07) is 0. The Morgan fingerprint density at radius 2 is 1.86 bits per heavy atom. The number of carbonyl (C=O) groups excluding carboxylic acids is 1. The highest BCUT2D eigenvalue weighted by Crippen LogP contribution is 2.66. The van der Waals surface area contributed by atoms with Gasteiger partial charge in [0.2, 0.25) is 0 Å². The minimum Gasteiger partial charge on any atom is -0.393 e. The first-order chi connectivity index (χ1) is 13.5. The van der Waals surface area contributed by atoms with Crippen LogP contribution in [0.25, 0.3) is 0 Å². The molecule has 29 heavy (non-hydrogen) atoms. The summed E-state index contributed by atoms with van der Waals surface area (Å²) in [5.41, 5.74) is 5.68. The number of rotatable bonds is 4. The van der Waals surface area contributed by atoms with E-state index in [4.69, 9.17) is 0 Å². The van der Waals surface area contributed by atoms with Crippen LogP contribution in [0.1, 0.15) is 99.3 Å². The summed E-state index contributed by atoms with van der Waals surface area (Å²) in [6.07, 6.45) is 12.4. The van der Waals surface area contributed by atoms with Gasteiger partial charge in [0.15, 0.2) is 0 Å². The minimum atomic E-state index is -0.159. The van der Waals surface area contributed by atoms with Crippen LogP contribution < -0.4 is 0 Å². The van der Waals surface area contributed by atoms with Crippen molar-refractivity contribution in [3.63, 3.8) is 0 Å². The van der Waals surface area contributed by atoms with Crippen molar-refractivity contribution in [1.82, 2.24) is 0 Å². The van der Waals surface area contributed by atoms with Crippen molar-refractivity contribution in [3.8, 4) is 0 Å². The standard InChI is InChI=1S/C27H42O2/c1-17(7-8-18(2)28)20-10-11-21-19-9-12-23-25(3,4)24(29)14-16-27(23,6)22(19)13-15-26(20,21)5/h11,17,20,23-24,29H,7-10,12-16H2,1-6H3/t17-,20-,23+,24+,26-,27-/m1/s1. The molecule has 162 valence electrons. The molecule has 0 spiro atoms. The fraction of sp³-hybridized carbons (Fsp3) is 0.815. The predicted octanol–water partition coefficient (Wildman–Crippen LogP) is 6.63. The number of allylic oxidation sites excluding steroid dienone is 4. The third kappa shape index (κ3) is 3.11. The Labute approximate surface area is 178 Å². The number of ketones is 1. The third-order valence-corrected chi connectivity index (χ3v) is 10.1. The van der Waals surface area contributed by atoms with Gasteiger partial charge in [0.25, 0.3) is 0 Å². The molecule has 1 saturated carbocycles. The minimum absolute atomic E-state index is 0.0140. The van der Waals surface area contributed by atoms with Crippen LogP contribution in [0.5, 0.6) is 0 Å². The van der Waals surface area contributed by atoms with Crippen LogP contribution in [-0.4, -0.2) is 17.0 Å². The maximum absolute atomic E-state index is 11.5. The second-order valence-electron chi connectivity index (χ2n) is 11.9. The molecule has 2 heteroatoms. The van der Waals surface area contributed by atoms with E-state index in [1.54, 1.807) is 23.6 Å². The summed E-state index contributed by atoms with van der Waals surface area (Å²) in [7, 11) is 0. The lowest BCUT2D eigenvalue weighted by Crippen LogP contribution is -2.53. The van der Waals surface area contributed by atoms with Crippen LogP contribution in [0, 0.1) is 34.0 Å². The van der Waals surface area contributed by atoms with E-state index < -0.39 is 0 Å². The monoisotopic (exact) mass is 398 g/mol. The van der Waals surface area contributed by atoms with Crippen molar-refractivity contribution in [2.24, 2.45) is 34.0 Å². The highest BCUT2D eigenvalue weighted by atomic mass is 16.3. The van der Waals surface area contributed by atoms with Gasteiger partial charge in [-0.25, -0.2) is 0 Å². The number of aliphatic hydroxyl groups excluding tert-OH is 1. The predicted molar refractivity (Wildman–Crippen MR) is 119 cm³/mol. The summed E-state index contributed by atoms with van der Waals surface area (Å²) >= 11 is 0. The lowest BCUT2D eigenvalue weighted by Gasteiger charge is -2.59. The zero-order valence-electron chi connectivity index (χ0n) is 19.6. The van der Waals surface area contributed by atoms with Crippen molar-refractivity contribution in [1.29, 1.82) is 0 Å². The molecule has 0 heterocycles. The van der Waals surface area contributed by atoms with Crippen LogP contribution in [0.2, 0.25) is 0 Å². The van der Waals surface area contributed by atoms with E-state index in [9.17, 15) is 9.90 Å². The molecule has 1 N–H and O–H groups in total.